The molecule has 0 aromatic carbocycles. The summed E-state index contributed by atoms with van der Waals surface area (Å²) in [4.78, 5) is 7.14. The van der Waals surface area contributed by atoms with Crippen molar-refractivity contribution in [3.63, 3.8) is 0 Å². The van der Waals surface area contributed by atoms with Crippen LogP contribution in [0.25, 0.3) is 0 Å². The molecule has 0 amide bonds. The van der Waals surface area contributed by atoms with Gasteiger partial charge >= 0.3 is 29.6 Å². The van der Waals surface area contributed by atoms with E-state index in [4.69, 9.17) is 4.80 Å². The van der Waals surface area contributed by atoms with E-state index in [0.717, 1.165) is 0 Å². The van der Waals surface area contributed by atoms with E-state index in [-0.39, 0.29) is 29.6 Å². The fraction of sp³-hybridized carbons (Fsp3) is 0. The minimum absolute atomic E-state index is 0. The summed E-state index contributed by atoms with van der Waals surface area (Å²) in [7, 11) is 0.306. The molecular formula is C3H9NaOSi. The van der Waals surface area contributed by atoms with Gasteiger partial charge in [0.2, 0.25) is 0 Å². The maximum atomic E-state index is 7.14. The van der Waals surface area contributed by atoms with E-state index in [1.54, 1.807) is 0 Å². The first-order valence-corrected chi connectivity index (χ1v) is 2.16. The zero-order valence-electron chi connectivity index (χ0n) is 4.44. The van der Waals surface area contributed by atoms with E-state index in [1.165, 1.54) is 6.08 Å². The molecule has 0 atom stereocenters. The second-order valence-electron chi connectivity index (χ2n) is 0.289. The molecule has 6 heavy (non-hydrogen) atoms. The Morgan fingerprint density at radius 3 is 1.67 bits per heavy atom. The van der Waals surface area contributed by atoms with Crippen molar-refractivity contribution in [3.05, 3.63) is 19.6 Å². The molecule has 0 fully saturated rings. The second kappa shape index (κ2) is 41.5. The fourth-order valence-electron chi connectivity index (χ4n) is 0. The molecule has 0 saturated heterocycles. The summed E-state index contributed by atoms with van der Waals surface area (Å²) < 4.78 is 0. The maximum Gasteiger partial charge on any atom is 1.00 e. The number of allylic oxidation sites excluding steroid dienone is 1. The van der Waals surface area contributed by atoms with Gasteiger partial charge in [-0.15, -0.1) is 0 Å². The van der Waals surface area contributed by atoms with E-state index in [2.05, 4.69) is 13.5 Å². The van der Waals surface area contributed by atoms with Crippen molar-refractivity contribution >= 4 is 10.5 Å². The number of rotatable bonds is 0. The Morgan fingerprint density at radius 1 is 1.67 bits per heavy atom. The zero-order valence-corrected chi connectivity index (χ0v) is 8.44. The van der Waals surface area contributed by atoms with Gasteiger partial charge in [-0.25, -0.2) is 19.6 Å². The third-order valence-electron chi connectivity index (χ3n) is 0. The molecule has 1 nitrogen and oxygen atoms in total. The predicted molar refractivity (Wildman–Crippen MR) is 27.7 cm³/mol. The summed E-state index contributed by atoms with van der Waals surface area (Å²) in [5, 5.41) is 0. The largest absolute Gasteiger partial charge is 1.00 e. The maximum absolute atomic E-state index is 7.14. The average molecular weight is 112 g/mol. The minimum atomic E-state index is 0. The van der Waals surface area contributed by atoms with Crippen molar-refractivity contribution in [1.29, 1.82) is 0 Å². The topological polar surface area (TPSA) is 20.2 Å². The molecule has 0 spiro atoms. The van der Waals surface area contributed by atoms with Gasteiger partial charge in [-0.1, -0.05) is 0 Å². The Bertz CT molecular complexity index is 18.3. The van der Waals surface area contributed by atoms with Gasteiger partial charge in [-0.2, -0.15) is 0 Å². The van der Waals surface area contributed by atoms with Crippen LogP contribution in [0.1, 0.15) is 0 Å². The zero-order chi connectivity index (χ0) is 4.71. The van der Waals surface area contributed by atoms with Gasteiger partial charge in [0.05, 0.1) is 0 Å². The molecule has 0 unspecified atom stereocenters. The van der Waals surface area contributed by atoms with E-state index >= 15 is 0 Å². The van der Waals surface area contributed by atoms with Crippen molar-refractivity contribution in [1.82, 2.24) is 0 Å². The Morgan fingerprint density at radius 2 is 1.67 bits per heavy atom. The molecule has 1 N–H and O–H groups in total. The molecule has 0 aliphatic carbocycles. The Hall–Kier alpha value is 0.787. The van der Waals surface area contributed by atoms with Crippen LogP contribution < -0.4 is 29.6 Å². The molecule has 32 valence electrons. The van der Waals surface area contributed by atoms with Crippen molar-refractivity contribution in [2.24, 2.45) is 0 Å². The first-order valence-electron chi connectivity index (χ1n) is 1.26. The molecule has 0 aromatic heterocycles. The summed E-state index contributed by atoms with van der Waals surface area (Å²) in [6.45, 7) is 6.50. The normalized spacial score (nSPS) is 3.50. The summed E-state index contributed by atoms with van der Waals surface area (Å²) in [5.41, 5.74) is 0. The van der Waals surface area contributed by atoms with Crippen molar-refractivity contribution < 1.29 is 34.4 Å². The molecular weight excluding hydrogens is 103 g/mol. The van der Waals surface area contributed by atoms with Crippen LogP contribution in [0, 0.1) is 6.92 Å². The van der Waals surface area contributed by atoms with Gasteiger partial charge in [0, 0.05) is 0 Å². The first kappa shape index (κ1) is 15.8. The minimum Gasteiger partial charge on any atom is -0.442 e. The van der Waals surface area contributed by atoms with E-state index < -0.39 is 0 Å². The molecule has 0 heterocycles. The van der Waals surface area contributed by atoms with Gasteiger partial charge < -0.3 is 4.80 Å². The number of hydrogen-bond donors (Lipinski definition) is 1. The summed E-state index contributed by atoms with van der Waals surface area (Å²) in [6.07, 6.45) is 1.50. The van der Waals surface area contributed by atoms with Crippen LogP contribution in [0.4, 0.5) is 0 Å². The van der Waals surface area contributed by atoms with E-state index in [0.29, 0.717) is 10.5 Å². The number of hydrogen-bond acceptors (Lipinski definition) is 1. The van der Waals surface area contributed by atoms with Crippen molar-refractivity contribution in [2.45, 2.75) is 0 Å². The Balaban J connectivity index is -0.0000000275. The van der Waals surface area contributed by atoms with Crippen LogP contribution in [-0.2, 0) is 0 Å². The predicted octanol–water partition coefficient (Wildman–Crippen LogP) is -3.73. The van der Waals surface area contributed by atoms with Gasteiger partial charge in [0.1, 0.15) is 10.5 Å². The molecule has 0 aliphatic rings. The first-order chi connectivity index (χ1) is 2.41. The van der Waals surface area contributed by atoms with Crippen LogP contribution in [-0.4, -0.2) is 15.3 Å². The SMILES string of the molecule is C=C[CH2-].O[SiH3].[Na+]. The van der Waals surface area contributed by atoms with Crippen LogP contribution >= 0.6 is 0 Å². The van der Waals surface area contributed by atoms with Gasteiger partial charge in [-0.05, 0) is 0 Å². The second-order valence-corrected chi connectivity index (χ2v) is 0.289. The van der Waals surface area contributed by atoms with Crippen molar-refractivity contribution in [2.75, 3.05) is 0 Å². The van der Waals surface area contributed by atoms with E-state index in [9.17, 15) is 0 Å². The third kappa shape index (κ3) is 111. The van der Waals surface area contributed by atoms with Crippen LogP contribution in [0.5, 0.6) is 0 Å². The van der Waals surface area contributed by atoms with Crippen LogP contribution in [0.15, 0.2) is 12.7 Å². The summed E-state index contributed by atoms with van der Waals surface area (Å²) in [6, 6.07) is 0. The summed E-state index contributed by atoms with van der Waals surface area (Å²) in [5.74, 6) is 0. The van der Waals surface area contributed by atoms with Crippen LogP contribution in [0.2, 0.25) is 0 Å². The fourth-order valence-corrected chi connectivity index (χ4v) is 0. The van der Waals surface area contributed by atoms with E-state index in [1.807, 2.05) is 0 Å². The van der Waals surface area contributed by atoms with Crippen molar-refractivity contribution in [3.8, 4) is 0 Å². The monoisotopic (exact) mass is 112 g/mol. The molecule has 3 heteroatoms. The molecule has 0 aliphatic heterocycles. The standard InChI is InChI=1S/C3H5.Na.H4OSi/c1-3-2;;1-2/h3H,1-2H2;;1H,2H3/q-1;+1;. The molecule has 0 saturated carbocycles. The summed E-state index contributed by atoms with van der Waals surface area (Å²) >= 11 is 0. The molecule has 0 bridgehead atoms. The Kier molecular flexibility index (Phi) is 110. The third-order valence-corrected chi connectivity index (χ3v) is 0. The Labute approximate surface area is 64.3 Å². The van der Waals surface area contributed by atoms with Crippen LogP contribution in [0.3, 0.4) is 0 Å². The van der Waals surface area contributed by atoms with Gasteiger partial charge in [0.25, 0.3) is 0 Å². The van der Waals surface area contributed by atoms with Gasteiger partial charge in [-0.3, -0.25) is 0 Å². The smallest absolute Gasteiger partial charge is 0.442 e. The molecule has 0 radical (unpaired) electrons. The molecule has 0 aromatic rings. The quantitative estimate of drug-likeness (QED) is 0.252. The average Bonchev–Trinajstić information content (AvgIpc) is 1.46. The molecule has 0 rings (SSSR count). The van der Waals surface area contributed by atoms with Gasteiger partial charge in [0.15, 0.2) is 0 Å².